The molecule has 0 aromatic carbocycles. The molecule has 0 saturated carbocycles. The number of carbonyl (C=O) groups is 1. The first-order chi connectivity index (χ1) is 6.59. The molecule has 0 aliphatic heterocycles. The van der Waals surface area contributed by atoms with Crippen molar-refractivity contribution in [3.63, 3.8) is 0 Å². The van der Waals surface area contributed by atoms with Crippen molar-refractivity contribution in [3.8, 4) is 0 Å². The highest BCUT2D eigenvalue weighted by atomic mass is 32.1. The van der Waals surface area contributed by atoms with Crippen LogP contribution in [0.4, 0.5) is 0 Å². The summed E-state index contributed by atoms with van der Waals surface area (Å²) in [5.41, 5.74) is 0.171. The molecule has 0 amide bonds. The van der Waals surface area contributed by atoms with Crippen LogP contribution in [0.25, 0.3) is 4.96 Å². The Morgan fingerprint density at radius 3 is 2.93 bits per heavy atom. The molecule has 14 heavy (non-hydrogen) atoms. The lowest BCUT2D eigenvalue weighted by Crippen LogP contribution is -2.02. The van der Waals surface area contributed by atoms with Crippen LogP contribution in [0.15, 0.2) is 5.38 Å². The van der Waals surface area contributed by atoms with Gasteiger partial charge in [-0.2, -0.15) is 4.52 Å². The number of thiazole rings is 1. The van der Waals surface area contributed by atoms with Gasteiger partial charge in [-0.15, -0.1) is 16.4 Å². The van der Waals surface area contributed by atoms with Crippen LogP contribution in [0.1, 0.15) is 36.1 Å². The third kappa shape index (κ3) is 1.27. The van der Waals surface area contributed by atoms with Crippen LogP contribution in [-0.4, -0.2) is 25.7 Å². The van der Waals surface area contributed by atoms with E-state index in [0.29, 0.717) is 10.8 Å². The molecule has 2 aromatic rings. The van der Waals surface area contributed by atoms with Crippen LogP contribution in [0.2, 0.25) is 0 Å². The molecule has 0 aliphatic carbocycles. The second-order valence-corrected chi connectivity index (χ2v) is 4.08. The molecule has 0 saturated heterocycles. The van der Waals surface area contributed by atoms with Crippen molar-refractivity contribution < 1.29 is 9.90 Å². The van der Waals surface area contributed by atoms with E-state index >= 15 is 0 Å². The Bertz CT molecular complexity index is 486. The fourth-order valence-corrected chi connectivity index (χ4v) is 1.89. The van der Waals surface area contributed by atoms with E-state index in [1.54, 1.807) is 5.38 Å². The molecule has 0 fully saturated rings. The summed E-state index contributed by atoms with van der Waals surface area (Å²) in [6, 6.07) is 0. The minimum atomic E-state index is -0.976. The average Bonchev–Trinajstić information content (AvgIpc) is 2.58. The quantitative estimate of drug-likeness (QED) is 0.819. The maximum absolute atomic E-state index is 10.8. The highest BCUT2D eigenvalue weighted by Gasteiger charge is 2.15. The summed E-state index contributed by atoms with van der Waals surface area (Å²) in [6.45, 7) is 3.94. The summed E-state index contributed by atoms with van der Waals surface area (Å²) in [5.74, 6) is -0.0837. The van der Waals surface area contributed by atoms with Gasteiger partial charge in [0.25, 0.3) is 0 Å². The van der Waals surface area contributed by atoms with Gasteiger partial charge in [0, 0.05) is 11.3 Å². The second-order valence-electron chi connectivity index (χ2n) is 3.25. The molecule has 74 valence electrons. The first-order valence-electron chi connectivity index (χ1n) is 4.17. The van der Waals surface area contributed by atoms with Crippen molar-refractivity contribution in [3.05, 3.63) is 16.9 Å². The van der Waals surface area contributed by atoms with Gasteiger partial charge in [-0.25, -0.2) is 9.78 Å². The SMILES string of the molecule is CC(C)c1nc2scc(C(=O)O)n2n1. The Labute approximate surface area is 84.0 Å². The van der Waals surface area contributed by atoms with Gasteiger partial charge in [0.1, 0.15) is 0 Å². The van der Waals surface area contributed by atoms with E-state index in [4.69, 9.17) is 5.11 Å². The van der Waals surface area contributed by atoms with Gasteiger partial charge in [0.2, 0.25) is 4.96 Å². The zero-order chi connectivity index (χ0) is 10.3. The van der Waals surface area contributed by atoms with Crippen molar-refractivity contribution in [2.75, 3.05) is 0 Å². The number of hydrogen-bond acceptors (Lipinski definition) is 4. The number of aromatic carboxylic acids is 1. The fourth-order valence-electron chi connectivity index (χ4n) is 1.09. The monoisotopic (exact) mass is 211 g/mol. The Balaban J connectivity index is 2.61. The molecule has 0 bridgehead atoms. The van der Waals surface area contributed by atoms with Crippen molar-refractivity contribution in [1.82, 2.24) is 14.6 Å². The zero-order valence-electron chi connectivity index (χ0n) is 7.76. The van der Waals surface area contributed by atoms with Gasteiger partial charge in [0.05, 0.1) is 0 Å². The number of carboxylic acids is 1. The average molecular weight is 211 g/mol. The van der Waals surface area contributed by atoms with Crippen molar-refractivity contribution >= 4 is 22.3 Å². The number of aromatic nitrogens is 3. The minimum absolute atomic E-state index is 0.171. The number of fused-ring (bicyclic) bond motifs is 1. The summed E-state index contributed by atoms with van der Waals surface area (Å²) in [7, 11) is 0. The zero-order valence-corrected chi connectivity index (χ0v) is 8.58. The molecule has 0 unspecified atom stereocenters. The Morgan fingerprint density at radius 1 is 1.64 bits per heavy atom. The maximum Gasteiger partial charge on any atom is 0.355 e. The van der Waals surface area contributed by atoms with E-state index in [2.05, 4.69) is 10.1 Å². The first-order valence-corrected chi connectivity index (χ1v) is 5.05. The second kappa shape index (κ2) is 3.06. The first kappa shape index (κ1) is 9.14. The normalized spacial score (nSPS) is 11.4. The van der Waals surface area contributed by atoms with E-state index in [1.165, 1.54) is 15.9 Å². The van der Waals surface area contributed by atoms with Crippen LogP contribution in [0.3, 0.4) is 0 Å². The molecule has 5 nitrogen and oxygen atoms in total. The summed E-state index contributed by atoms with van der Waals surface area (Å²) < 4.78 is 1.38. The predicted molar refractivity (Wildman–Crippen MR) is 51.9 cm³/mol. The van der Waals surface area contributed by atoms with E-state index in [0.717, 1.165) is 0 Å². The van der Waals surface area contributed by atoms with Crippen LogP contribution in [0.5, 0.6) is 0 Å². The van der Waals surface area contributed by atoms with Gasteiger partial charge in [-0.05, 0) is 0 Å². The molecular formula is C8H9N3O2S. The predicted octanol–water partition coefficient (Wildman–Crippen LogP) is 1.61. The fraction of sp³-hybridized carbons (Fsp3) is 0.375. The number of carboxylic acid groups (broad SMARTS) is 1. The van der Waals surface area contributed by atoms with Gasteiger partial charge in [-0.3, -0.25) is 0 Å². The molecule has 0 atom stereocenters. The Morgan fingerprint density at radius 2 is 2.36 bits per heavy atom. The highest BCUT2D eigenvalue weighted by Crippen LogP contribution is 2.17. The minimum Gasteiger partial charge on any atom is -0.476 e. The molecule has 0 radical (unpaired) electrons. The number of nitrogens with zero attached hydrogens (tertiary/aromatic N) is 3. The summed E-state index contributed by atoms with van der Waals surface area (Å²) >= 11 is 1.29. The van der Waals surface area contributed by atoms with E-state index in [9.17, 15) is 4.79 Å². The smallest absolute Gasteiger partial charge is 0.355 e. The van der Waals surface area contributed by atoms with Gasteiger partial charge >= 0.3 is 5.97 Å². The van der Waals surface area contributed by atoms with E-state index < -0.39 is 5.97 Å². The molecule has 6 heteroatoms. The largest absolute Gasteiger partial charge is 0.476 e. The molecule has 0 spiro atoms. The van der Waals surface area contributed by atoms with Crippen LogP contribution >= 0.6 is 11.3 Å². The van der Waals surface area contributed by atoms with Crippen molar-refractivity contribution in [2.45, 2.75) is 19.8 Å². The molecule has 2 heterocycles. The lowest BCUT2D eigenvalue weighted by Gasteiger charge is -1.94. The Kier molecular flexibility index (Phi) is 1.99. The molecule has 2 rings (SSSR count). The molecule has 0 aliphatic rings. The maximum atomic E-state index is 10.8. The highest BCUT2D eigenvalue weighted by molar-refractivity contribution is 7.15. The third-order valence-corrected chi connectivity index (χ3v) is 2.65. The van der Waals surface area contributed by atoms with Crippen LogP contribution < -0.4 is 0 Å². The van der Waals surface area contributed by atoms with Crippen molar-refractivity contribution in [1.29, 1.82) is 0 Å². The van der Waals surface area contributed by atoms with Crippen LogP contribution in [-0.2, 0) is 0 Å². The van der Waals surface area contributed by atoms with Gasteiger partial charge < -0.3 is 5.11 Å². The lowest BCUT2D eigenvalue weighted by atomic mass is 10.2. The number of rotatable bonds is 2. The molecule has 2 aromatic heterocycles. The number of hydrogen-bond donors (Lipinski definition) is 1. The summed E-state index contributed by atoms with van der Waals surface area (Å²) in [6.07, 6.45) is 0. The van der Waals surface area contributed by atoms with Gasteiger partial charge in [-0.1, -0.05) is 13.8 Å². The molecular weight excluding hydrogens is 202 g/mol. The van der Waals surface area contributed by atoms with E-state index in [-0.39, 0.29) is 11.6 Å². The molecule has 1 N–H and O–H groups in total. The summed E-state index contributed by atoms with van der Waals surface area (Å²) in [5, 5.41) is 14.5. The lowest BCUT2D eigenvalue weighted by molar-refractivity contribution is 0.0688. The Hall–Kier alpha value is -1.43. The van der Waals surface area contributed by atoms with Crippen LogP contribution in [0, 0.1) is 0 Å². The standard InChI is InChI=1S/C8H9N3O2S/c1-4(2)6-9-8-11(10-6)5(3-14-8)7(12)13/h3-4H,1-2H3,(H,12,13). The summed E-state index contributed by atoms with van der Waals surface area (Å²) in [4.78, 5) is 15.6. The van der Waals surface area contributed by atoms with Gasteiger partial charge in [0.15, 0.2) is 11.5 Å². The van der Waals surface area contributed by atoms with Crippen molar-refractivity contribution in [2.24, 2.45) is 0 Å². The third-order valence-electron chi connectivity index (χ3n) is 1.83. The van der Waals surface area contributed by atoms with E-state index in [1.807, 2.05) is 13.8 Å². The topological polar surface area (TPSA) is 67.5 Å².